The van der Waals surface area contributed by atoms with Crippen LogP contribution in [0.3, 0.4) is 0 Å². The van der Waals surface area contributed by atoms with E-state index in [4.69, 9.17) is 4.74 Å². The van der Waals surface area contributed by atoms with Gasteiger partial charge in [-0.2, -0.15) is 0 Å². The third-order valence-corrected chi connectivity index (χ3v) is 7.58. The Morgan fingerprint density at radius 3 is 2.74 bits per heavy atom. The maximum absolute atomic E-state index is 6.52. The van der Waals surface area contributed by atoms with Crippen LogP contribution in [0.1, 0.15) is 44.1 Å². The minimum atomic E-state index is 0.256. The van der Waals surface area contributed by atoms with E-state index in [9.17, 15) is 0 Å². The molecule has 1 aliphatic heterocycles. The van der Waals surface area contributed by atoms with Crippen molar-refractivity contribution in [2.75, 3.05) is 5.75 Å². The summed E-state index contributed by atoms with van der Waals surface area (Å²) in [5.74, 6) is 2.16. The first-order valence-corrected chi connectivity index (χ1v) is 8.50. The quantitative estimate of drug-likeness (QED) is 0.737. The molecule has 0 amide bonds. The first-order valence-electron chi connectivity index (χ1n) is 7.45. The number of rotatable bonds is 1. The van der Waals surface area contributed by atoms with Crippen LogP contribution in [-0.2, 0) is 4.74 Å². The second-order valence-electron chi connectivity index (χ2n) is 7.03. The molecular formula is C17H22OS. The van der Waals surface area contributed by atoms with Crippen molar-refractivity contribution in [2.45, 2.75) is 44.6 Å². The predicted octanol–water partition coefficient (Wildman–Crippen LogP) is 4.64. The molecule has 2 heteroatoms. The van der Waals surface area contributed by atoms with Gasteiger partial charge in [0, 0.05) is 11.2 Å². The van der Waals surface area contributed by atoms with Crippen LogP contribution in [0.25, 0.3) is 0 Å². The Morgan fingerprint density at radius 2 is 2.00 bits per heavy atom. The minimum Gasteiger partial charge on any atom is -0.359 e. The molecule has 0 N–H and O–H groups in total. The van der Waals surface area contributed by atoms with Gasteiger partial charge in [0.1, 0.15) is 5.44 Å². The molecule has 0 unspecified atom stereocenters. The smallest absolute Gasteiger partial charge is 0.128 e. The summed E-state index contributed by atoms with van der Waals surface area (Å²) in [5, 5.41) is 0. The van der Waals surface area contributed by atoms with Crippen LogP contribution in [0, 0.1) is 16.7 Å². The van der Waals surface area contributed by atoms with Gasteiger partial charge in [-0.05, 0) is 36.2 Å². The fraction of sp³-hybridized carbons (Fsp3) is 0.647. The van der Waals surface area contributed by atoms with Crippen molar-refractivity contribution in [3.63, 3.8) is 0 Å². The molecule has 3 aliphatic rings. The van der Waals surface area contributed by atoms with E-state index in [2.05, 4.69) is 44.2 Å². The highest BCUT2D eigenvalue weighted by molar-refractivity contribution is 7.99. The molecule has 1 nitrogen and oxygen atoms in total. The number of hydrogen-bond donors (Lipinski definition) is 0. The topological polar surface area (TPSA) is 9.23 Å². The van der Waals surface area contributed by atoms with E-state index in [1.54, 1.807) is 0 Å². The third kappa shape index (κ3) is 1.53. The lowest BCUT2D eigenvalue weighted by molar-refractivity contribution is -0.0670. The van der Waals surface area contributed by atoms with Crippen molar-refractivity contribution in [1.82, 2.24) is 0 Å². The molecule has 2 aliphatic carbocycles. The Balaban J connectivity index is 1.61. The van der Waals surface area contributed by atoms with E-state index in [1.165, 1.54) is 30.6 Å². The van der Waals surface area contributed by atoms with Crippen molar-refractivity contribution >= 4 is 11.8 Å². The standard InChI is InChI=1S/C17H22OS/c1-16(2)13-8-9-17(16)11-19-15(18-14(17)10-13)12-6-4-3-5-7-12/h3-7,13-15H,8-11H2,1-2H3/t13-,14-,15-,17-/m1/s1. The molecule has 1 aromatic carbocycles. The monoisotopic (exact) mass is 274 g/mol. The minimum absolute atomic E-state index is 0.256. The third-order valence-electron chi connectivity index (χ3n) is 6.21. The number of hydrogen-bond acceptors (Lipinski definition) is 2. The molecule has 1 saturated heterocycles. The molecule has 2 saturated carbocycles. The molecule has 1 spiro atoms. The first-order chi connectivity index (χ1) is 9.13. The van der Waals surface area contributed by atoms with E-state index in [0.717, 1.165) is 5.92 Å². The lowest BCUT2D eigenvalue weighted by Crippen LogP contribution is -2.45. The summed E-state index contributed by atoms with van der Waals surface area (Å²) in [6.45, 7) is 4.97. The molecule has 0 radical (unpaired) electrons. The number of thioether (sulfide) groups is 1. The summed E-state index contributed by atoms with van der Waals surface area (Å²) in [6, 6.07) is 10.7. The molecule has 102 valence electrons. The average molecular weight is 274 g/mol. The molecule has 4 atom stereocenters. The van der Waals surface area contributed by atoms with E-state index < -0.39 is 0 Å². The molecule has 3 fully saturated rings. The lowest BCUT2D eigenvalue weighted by Gasteiger charge is -2.47. The summed E-state index contributed by atoms with van der Waals surface area (Å²) in [6.07, 6.45) is 4.58. The van der Waals surface area contributed by atoms with Crippen LogP contribution in [0.4, 0.5) is 0 Å². The summed E-state index contributed by atoms with van der Waals surface area (Å²) < 4.78 is 6.52. The zero-order chi connectivity index (χ0) is 13.1. The van der Waals surface area contributed by atoms with Gasteiger partial charge in [-0.25, -0.2) is 0 Å². The van der Waals surface area contributed by atoms with Gasteiger partial charge in [-0.1, -0.05) is 44.2 Å². The Kier molecular flexibility index (Phi) is 2.60. The highest BCUT2D eigenvalue weighted by Gasteiger charge is 2.66. The van der Waals surface area contributed by atoms with E-state index in [1.807, 2.05) is 11.8 Å². The largest absolute Gasteiger partial charge is 0.359 e. The number of fused-ring (bicyclic) bond motifs is 1. The van der Waals surface area contributed by atoms with Crippen LogP contribution in [-0.4, -0.2) is 11.9 Å². The van der Waals surface area contributed by atoms with Gasteiger partial charge in [0.25, 0.3) is 0 Å². The van der Waals surface area contributed by atoms with Crippen molar-refractivity contribution in [3.05, 3.63) is 35.9 Å². The summed E-state index contributed by atoms with van der Waals surface area (Å²) in [4.78, 5) is 0. The summed E-state index contributed by atoms with van der Waals surface area (Å²) >= 11 is 2.02. The molecule has 1 heterocycles. The molecule has 4 rings (SSSR count). The Bertz CT molecular complexity index is 483. The zero-order valence-corrected chi connectivity index (χ0v) is 12.6. The molecule has 19 heavy (non-hydrogen) atoms. The SMILES string of the molecule is CC1(C)[C@@H]2CC[C@]13CS[C@H](c1ccccc1)O[C@@H]3C2. The van der Waals surface area contributed by atoms with Gasteiger partial charge in [0.05, 0.1) is 6.10 Å². The van der Waals surface area contributed by atoms with Crippen molar-refractivity contribution in [3.8, 4) is 0 Å². The van der Waals surface area contributed by atoms with Crippen LogP contribution in [0.15, 0.2) is 30.3 Å². The van der Waals surface area contributed by atoms with Gasteiger partial charge < -0.3 is 4.74 Å². The van der Waals surface area contributed by atoms with E-state index >= 15 is 0 Å². The normalized spacial score (nSPS) is 43.2. The maximum atomic E-state index is 6.52. The van der Waals surface area contributed by atoms with Gasteiger partial charge in [-0.15, -0.1) is 11.8 Å². The molecule has 0 aromatic heterocycles. The molecular weight excluding hydrogens is 252 g/mol. The molecule has 1 aromatic rings. The second kappa shape index (κ2) is 4.02. The predicted molar refractivity (Wildman–Crippen MR) is 80.1 cm³/mol. The van der Waals surface area contributed by atoms with Gasteiger partial charge in [0.15, 0.2) is 0 Å². The number of benzene rings is 1. The van der Waals surface area contributed by atoms with Crippen molar-refractivity contribution in [2.24, 2.45) is 16.7 Å². The Morgan fingerprint density at radius 1 is 1.21 bits per heavy atom. The Labute approximate surface area is 120 Å². The Hall–Kier alpha value is -0.470. The van der Waals surface area contributed by atoms with Gasteiger partial charge in [-0.3, -0.25) is 0 Å². The second-order valence-corrected chi connectivity index (χ2v) is 8.08. The van der Waals surface area contributed by atoms with Crippen molar-refractivity contribution < 1.29 is 4.74 Å². The summed E-state index contributed by atoms with van der Waals surface area (Å²) in [7, 11) is 0. The van der Waals surface area contributed by atoms with Gasteiger partial charge in [0.2, 0.25) is 0 Å². The molecule has 2 bridgehead atoms. The van der Waals surface area contributed by atoms with E-state index in [-0.39, 0.29) is 5.44 Å². The van der Waals surface area contributed by atoms with Gasteiger partial charge >= 0.3 is 0 Å². The fourth-order valence-electron chi connectivity index (χ4n) is 4.73. The van der Waals surface area contributed by atoms with Crippen LogP contribution >= 0.6 is 11.8 Å². The van der Waals surface area contributed by atoms with Crippen LogP contribution in [0.5, 0.6) is 0 Å². The highest BCUT2D eigenvalue weighted by Crippen LogP contribution is 2.70. The summed E-state index contributed by atoms with van der Waals surface area (Å²) in [5.41, 5.74) is 2.52. The maximum Gasteiger partial charge on any atom is 0.128 e. The van der Waals surface area contributed by atoms with Crippen molar-refractivity contribution in [1.29, 1.82) is 0 Å². The lowest BCUT2D eigenvalue weighted by atomic mass is 9.69. The highest BCUT2D eigenvalue weighted by atomic mass is 32.2. The van der Waals surface area contributed by atoms with Crippen LogP contribution in [0.2, 0.25) is 0 Å². The van der Waals surface area contributed by atoms with Crippen LogP contribution < -0.4 is 0 Å². The first kappa shape index (κ1) is 12.3. The average Bonchev–Trinajstić information content (AvgIpc) is 2.81. The van der Waals surface area contributed by atoms with E-state index in [0.29, 0.717) is 16.9 Å². The zero-order valence-electron chi connectivity index (χ0n) is 11.8. The fourth-order valence-corrected chi connectivity index (χ4v) is 6.44. The number of ether oxygens (including phenoxy) is 1.